The van der Waals surface area contributed by atoms with E-state index in [1.807, 2.05) is 32.9 Å². The van der Waals surface area contributed by atoms with Crippen molar-refractivity contribution in [3.63, 3.8) is 0 Å². The summed E-state index contributed by atoms with van der Waals surface area (Å²) in [6, 6.07) is 7.79. The minimum atomic E-state index is -3.93. The third-order valence-electron chi connectivity index (χ3n) is 5.87. The lowest BCUT2D eigenvalue weighted by Crippen LogP contribution is -2.51. The van der Waals surface area contributed by atoms with Crippen LogP contribution in [-0.4, -0.2) is 78.7 Å². The molecule has 0 radical (unpaired) electrons. The lowest BCUT2D eigenvalue weighted by molar-refractivity contribution is 0.0810. The Hall–Kier alpha value is -2.69. The van der Waals surface area contributed by atoms with Crippen molar-refractivity contribution in [3.8, 4) is 16.9 Å². The van der Waals surface area contributed by atoms with Crippen LogP contribution in [0.5, 0.6) is 5.75 Å². The van der Waals surface area contributed by atoms with Gasteiger partial charge in [-0.15, -0.1) is 0 Å². The number of benzene rings is 1. The van der Waals surface area contributed by atoms with E-state index in [1.165, 1.54) is 10.4 Å². The maximum Gasteiger partial charge on any atom is 0.317 e. The molecule has 0 unspecified atom stereocenters. The number of likely N-dealkylation sites (N-methyl/N-ethyl adjacent to an activating group) is 1. The number of amides is 2. The maximum atomic E-state index is 13.6. The smallest absolute Gasteiger partial charge is 0.317 e. The summed E-state index contributed by atoms with van der Waals surface area (Å²) in [5, 5.41) is 12.6. The van der Waals surface area contributed by atoms with Gasteiger partial charge in [0, 0.05) is 49.6 Å². The number of aliphatic hydroxyl groups excluding tert-OH is 1. The summed E-state index contributed by atoms with van der Waals surface area (Å²) in [6.07, 6.45) is 2.89. The van der Waals surface area contributed by atoms with Crippen molar-refractivity contribution in [1.82, 2.24) is 19.5 Å². The molecule has 1 aromatic heterocycles. The van der Waals surface area contributed by atoms with Crippen LogP contribution >= 0.6 is 0 Å². The Morgan fingerprint density at radius 3 is 2.65 bits per heavy atom. The number of ether oxygens (including phenoxy) is 1. The molecule has 0 aliphatic carbocycles. The average Bonchev–Trinajstić information content (AvgIpc) is 2.80. The standard InChI is InChI=1S/C24H34N4O5S/c1-16(2)26-24(30)27(5)14-22-17(3)13-28(18(4)15-29)34(31,32)23-9-8-19(11-21(23)33-22)20-7-6-10-25-12-20/h6-12,16-18,22,29H,13-15H2,1-5H3,(H,26,30)/t17-,18+,22+/m1/s1. The number of hydrogen-bond acceptors (Lipinski definition) is 6. The van der Waals surface area contributed by atoms with Crippen LogP contribution in [0.4, 0.5) is 4.79 Å². The number of aliphatic hydroxyl groups is 1. The molecule has 186 valence electrons. The molecule has 1 aliphatic rings. The Morgan fingerprint density at radius 1 is 1.29 bits per heavy atom. The summed E-state index contributed by atoms with van der Waals surface area (Å²) >= 11 is 0. The number of aromatic nitrogens is 1. The number of hydrogen-bond donors (Lipinski definition) is 2. The van der Waals surface area contributed by atoms with Gasteiger partial charge in [0.1, 0.15) is 16.7 Å². The number of sulfonamides is 1. The number of rotatable bonds is 6. The largest absolute Gasteiger partial charge is 0.487 e. The summed E-state index contributed by atoms with van der Waals surface area (Å²) < 4.78 is 34.8. The number of carbonyl (C=O) groups excluding carboxylic acids is 1. The third-order valence-corrected chi connectivity index (χ3v) is 7.89. The lowest BCUT2D eigenvalue weighted by atomic mass is 10.0. The van der Waals surface area contributed by atoms with Crippen molar-refractivity contribution in [3.05, 3.63) is 42.7 Å². The minimum Gasteiger partial charge on any atom is -0.487 e. The summed E-state index contributed by atoms with van der Waals surface area (Å²) in [6.45, 7) is 7.44. The van der Waals surface area contributed by atoms with Gasteiger partial charge in [-0.25, -0.2) is 13.2 Å². The Balaban J connectivity index is 2.06. The molecule has 2 amide bonds. The van der Waals surface area contributed by atoms with Gasteiger partial charge in [0.05, 0.1) is 13.2 Å². The number of fused-ring (bicyclic) bond motifs is 1. The molecule has 0 bridgehead atoms. The maximum absolute atomic E-state index is 13.6. The Kier molecular flexibility index (Phi) is 8.17. The third kappa shape index (κ3) is 5.68. The molecule has 9 nitrogen and oxygen atoms in total. The second-order valence-corrected chi connectivity index (χ2v) is 11.0. The van der Waals surface area contributed by atoms with E-state index < -0.39 is 22.2 Å². The van der Waals surface area contributed by atoms with Crippen LogP contribution in [0.1, 0.15) is 27.7 Å². The summed E-state index contributed by atoms with van der Waals surface area (Å²) in [4.78, 5) is 18.2. The van der Waals surface area contributed by atoms with Crippen LogP contribution in [0.2, 0.25) is 0 Å². The van der Waals surface area contributed by atoms with Gasteiger partial charge < -0.3 is 20.1 Å². The summed E-state index contributed by atoms with van der Waals surface area (Å²) in [5.74, 6) is -0.0426. The van der Waals surface area contributed by atoms with Crippen LogP contribution in [0.25, 0.3) is 11.1 Å². The van der Waals surface area contributed by atoms with E-state index in [0.717, 1.165) is 11.1 Å². The Bertz CT molecular complexity index is 1090. The molecule has 1 aliphatic heterocycles. The Morgan fingerprint density at radius 2 is 2.03 bits per heavy atom. The van der Waals surface area contributed by atoms with Crippen LogP contribution in [0.15, 0.2) is 47.6 Å². The first-order valence-electron chi connectivity index (χ1n) is 11.4. The molecule has 2 aromatic rings. The van der Waals surface area contributed by atoms with E-state index in [0.29, 0.717) is 0 Å². The number of pyridine rings is 1. The highest BCUT2D eigenvalue weighted by Gasteiger charge is 2.38. The minimum absolute atomic E-state index is 0.0144. The second-order valence-electron chi connectivity index (χ2n) is 9.13. The molecule has 10 heteroatoms. The van der Waals surface area contributed by atoms with Gasteiger partial charge >= 0.3 is 6.03 Å². The summed E-state index contributed by atoms with van der Waals surface area (Å²) in [7, 11) is -2.25. The first-order chi connectivity index (χ1) is 16.0. The van der Waals surface area contributed by atoms with Crippen molar-refractivity contribution in [2.45, 2.75) is 50.8 Å². The zero-order valence-electron chi connectivity index (χ0n) is 20.3. The van der Waals surface area contributed by atoms with Crippen LogP contribution < -0.4 is 10.1 Å². The van der Waals surface area contributed by atoms with E-state index in [4.69, 9.17) is 4.74 Å². The highest BCUT2D eigenvalue weighted by atomic mass is 32.2. The highest BCUT2D eigenvalue weighted by Crippen LogP contribution is 2.36. The molecule has 0 spiro atoms. The van der Waals surface area contributed by atoms with Gasteiger partial charge in [-0.2, -0.15) is 4.31 Å². The van der Waals surface area contributed by atoms with Gasteiger partial charge in [0.2, 0.25) is 10.0 Å². The van der Waals surface area contributed by atoms with E-state index in [1.54, 1.807) is 43.4 Å². The molecule has 2 heterocycles. The molecule has 1 aromatic carbocycles. The van der Waals surface area contributed by atoms with Gasteiger partial charge in [-0.1, -0.05) is 19.1 Å². The first kappa shape index (κ1) is 25.9. The van der Waals surface area contributed by atoms with E-state index >= 15 is 0 Å². The molecule has 0 saturated heterocycles. The molecular weight excluding hydrogens is 456 g/mol. The van der Waals surface area contributed by atoms with Crippen molar-refractivity contribution >= 4 is 16.1 Å². The molecular formula is C24H34N4O5S. The topological polar surface area (TPSA) is 112 Å². The van der Waals surface area contributed by atoms with Gasteiger partial charge in [0.15, 0.2) is 0 Å². The molecule has 3 rings (SSSR count). The average molecular weight is 491 g/mol. The van der Waals surface area contributed by atoms with E-state index in [2.05, 4.69) is 10.3 Å². The lowest BCUT2D eigenvalue weighted by Gasteiger charge is -2.37. The second kappa shape index (κ2) is 10.7. The zero-order chi connectivity index (χ0) is 25.0. The SMILES string of the molecule is CC(C)NC(=O)N(C)C[C@@H]1Oc2cc(-c3cccnc3)ccc2S(=O)(=O)N([C@@H](C)CO)C[C@H]1C. The van der Waals surface area contributed by atoms with Crippen LogP contribution in [-0.2, 0) is 10.0 Å². The van der Waals surface area contributed by atoms with Gasteiger partial charge in [-0.05, 0) is 44.5 Å². The van der Waals surface area contributed by atoms with Gasteiger partial charge in [-0.3, -0.25) is 4.98 Å². The highest BCUT2D eigenvalue weighted by molar-refractivity contribution is 7.89. The molecule has 0 fully saturated rings. The Labute approximate surface area is 201 Å². The fourth-order valence-electron chi connectivity index (χ4n) is 3.87. The predicted octanol–water partition coefficient (Wildman–Crippen LogP) is 2.57. The summed E-state index contributed by atoms with van der Waals surface area (Å²) in [5.41, 5.74) is 1.59. The number of nitrogens with zero attached hydrogens (tertiary/aromatic N) is 3. The first-order valence-corrected chi connectivity index (χ1v) is 12.8. The van der Waals surface area contributed by atoms with Gasteiger partial charge in [0.25, 0.3) is 0 Å². The molecule has 0 saturated carbocycles. The monoisotopic (exact) mass is 490 g/mol. The number of nitrogens with one attached hydrogen (secondary N) is 1. The molecule has 34 heavy (non-hydrogen) atoms. The van der Waals surface area contributed by atoms with Crippen molar-refractivity contribution in [2.24, 2.45) is 5.92 Å². The van der Waals surface area contributed by atoms with Crippen molar-refractivity contribution in [1.29, 1.82) is 0 Å². The van der Waals surface area contributed by atoms with Crippen molar-refractivity contribution in [2.75, 3.05) is 26.7 Å². The fraction of sp³-hybridized carbons (Fsp3) is 0.500. The fourth-order valence-corrected chi connectivity index (χ4v) is 5.69. The zero-order valence-corrected chi connectivity index (χ0v) is 21.1. The van der Waals surface area contributed by atoms with Crippen LogP contribution in [0.3, 0.4) is 0 Å². The molecule has 3 atom stereocenters. The van der Waals surface area contributed by atoms with Crippen molar-refractivity contribution < 1.29 is 23.1 Å². The van der Waals surface area contributed by atoms with E-state index in [-0.39, 0.29) is 48.3 Å². The number of urea groups is 1. The quantitative estimate of drug-likeness (QED) is 0.644. The normalized spacial score (nSPS) is 21.0. The van der Waals surface area contributed by atoms with E-state index in [9.17, 15) is 18.3 Å². The predicted molar refractivity (Wildman–Crippen MR) is 130 cm³/mol. The molecule has 2 N–H and O–H groups in total. The number of carbonyl (C=O) groups is 1. The van der Waals surface area contributed by atoms with Crippen LogP contribution in [0, 0.1) is 5.92 Å².